The molecule has 0 unspecified atom stereocenters. The van der Waals surface area contributed by atoms with Gasteiger partial charge in [0.05, 0.1) is 12.7 Å². The summed E-state index contributed by atoms with van der Waals surface area (Å²) in [6.07, 6.45) is 2.68. The van der Waals surface area contributed by atoms with Crippen LogP contribution in [0.25, 0.3) is 0 Å². The fourth-order valence-corrected chi connectivity index (χ4v) is 1.79. The van der Waals surface area contributed by atoms with Gasteiger partial charge in [-0.25, -0.2) is 4.39 Å². The third-order valence-electron chi connectivity index (χ3n) is 2.79. The molecule has 0 atom stereocenters. The maximum absolute atomic E-state index is 13.0. The highest BCUT2D eigenvalue weighted by Crippen LogP contribution is 2.05. The van der Waals surface area contributed by atoms with Crippen molar-refractivity contribution >= 4 is 0 Å². The Labute approximate surface area is 104 Å². The molecular formula is C13H14FN3O. The molecule has 18 heavy (non-hydrogen) atoms. The van der Waals surface area contributed by atoms with Crippen molar-refractivity contribution in [3.8, 4) is 0 Å². The summed E-state index contributed by atoms with van der Waals surface area (Å²) in [4.78, 5) is 15.8. The largest absolute Gasteiger partial charge is 0.326 e. The molecular weight excluding hydrogens is 233 g/mol. The first-order chi connectivity index (χ1) is 8.61. The number of nitrogens with zero attached hydrogens (tertiary/aromatic N) is 2. The van der Waals surface area contributed by atoms with Gasteiger partial charge in [-0.3, -0.25) is 9.78 Å². The van der Waals surface area contributed by atoms with Gasteiger partial charge in [0.25, 0.3) is 5.56 Å². The Kier molecular flexibility index (Phi) is 3.53. The number of aryl methyl sites for hydroxylation is 1. The normalized spacial score (nSPS) is 10.6. The topological polar surface area (TPSA) is 60.9 Å². The number of hydrogen-bond acceptors (Lipinski definition) is 3. The maximum atomic E-state index is 13.0. The van der Waals surface area contributed by atoms with Gasteiger partial charge in [0.1, 0.15) is 5.82 Å². The van der Waals surface area contributed by atoms with Crippen LogP contribution >= 0.6 is 0 Å². The quantitative estimate of drug-likeness (QED) is 0.886. The molecule has 2 aromatic heterocycles. The summed E-state index contributed by atoms with van der Waals surface area (Å²) < 4.78 is 14.6. The molecule has 2 aromatic rings. The lowest BCUT2D eigenvalue weighted by atomic mass is 10.2. The third kappa shape index (κ3) is 2.46. The molecule has 2 heterocycles. The van der Waals surface area contributed by atoms with Crippen molar-refractivity contribution in [1.82, 2.24) is 9.55 Å². The zero-order chi connectivity index (χ0) is 13.1. The lowest BCUT2D eigenvalue weighted by Crippen LogP contribution is -2.27. The molecule has 4 nitrogen and oxygen atoms in total. The smallest absolute Gasteiger partial charge is 0.255 e. The van der Waals surface area contributed by atoms with E-state index < -0.39 is 5.82 Å². The van der Waals surface area contributed by atoms with Crippen molar-refractivity contribution in [1.29, 1.82) is 0 Å². The van der Waals surface area contributed by atoms with Gasteiger partial charge >= 0.3 is 0 Å². The predicted molar refractivity (Wildman–Crippen MR) is 66.6 cm³/mol. The van der Waals surface area contributed by atoms with Crippen LogP contribution in [0.5, 0.6) is 0 Å². The highest BCUT2D eigenvalue weighted by Gasteiger charge is 2.06. The Morgan fingerprint density at radius 3 is 2.83 bits per heavy atom. The zero-order valence-electron chi connectivity index (χ0n) is 10.1. The van der Waals surface area contributed by atoms with Crippen LogP contribution in [0.3, 0.4) is 0 Å². The number of rotatable bonds is 3. The third-order valence-corrected chi connectivity index (χ3v) is 2.79. The van der Waals surface area contributed by atoms with Crippen molar-refractivity contribution in [2.24, 2.45) is 5.73 Å². The fraction of sp³-hybridized carbons (Fsp3) is 0.231. The monoisotopic (exact) mass is 247 g/mol. The minimum absolute atomic E-state index is 0.137. The standard InChI is InChI=1S/C13H14FN3O/c1-9-2-3-11(5-15)13(18)17(9)8-10-4-12(14)7-16-6-10/h2-4,6-7H,5,8,15H2,1H3. The predicted octanol–water partition coefficient (Wildman–Crippen LogP) is 1.20. The fourth-order valence-electron chi connectivity index (χ4n) is 1.79. The number of halogens is 1. The molecule has 2 rings (SSSR count). The van der Waals surface area contributed by atoms with Crippen LogP contribution in [0, 0.1) is 12.7 Å². The molecule has 0 aliphatic rings. The number of pyridine rings is 2. The summed E-state index contributed by atoms with van der Waals surface area (Å²) in [5.74, 6) is -0.409. The minimum atomic E-state index is -0.409. The van der Waals surface area contributed by atoms with Gasteiger partial charge in [0.2, 0.25) is 0 Å². The Bertz CT molecular complexity index is 622. The first-order valence-electron chi connectivity index (χ1n) is 5.60. The van der Waals surface area contributed by atoms with E-state index in [0.717, 1.165) is 11.9 Å². The average molecular weight is 247 g/mol. The first kappa shape index (κ1) is 12.4. The highest BCUT2D eigenvalue weighted by molar-refractivity contribution is 5.18. The van der Waals surface area contributed by atoms with Crippen LogP contribution in [0.2, 0.25) is 0 Å². The Morgan fingerprint density at radius 1 is 1.39 bits per heavy atom. The molecule has 0 saturated heterocycles. The molecule has 0 aliphatic carbocycles. The van der Waals surface area contributed by atoms with Gasteiger partial charge in [0.15, 0.2) is 0 Å². The summed E-state index contributed by atoms with van der Waals surface area (Å²) in [6.45, 7) is 2.32. The molecule has 0 saturated carbocycles. The summed E-state index contributed by atoms with van der Waals surface area (Å²) in [5.41, 5.74) is 7.36. The minimum Gasteiger partial charge on any atom is -0.326 e. The second kappa shape index (κ2) is 5.10. The molecule has 0 spiro atoms. The van der Waals surface area contributed by atoms with E-state index in [-0.39, 0.29) is 12.1 Å². The van der Waals surface area contributed by atoms with Gasteiger partial charge in [-0.05, 0) is 24.6 Å². The Morgan fingerprint density at radius 2 is 2.17 bits per heavy atom. The molecule has 94 valence electrons. The summed E-state index contributed by atoms with van der Waals surface area (Å²) in [5, 5.41) is 0. The van der Waals surface area contributed by atoms with Crippen LogP contribution < -0.4 is 11.3 Å². The van der Waals surface area contributed by atoms with E-state index >= 15 is 0 Å². The molecule has 0 radical (unpaired) electrons. The Balaban J connectivity index is 2.43. The lowest BCUT2D eigenvalue weighted by Gasteiger charge is -2.11. The average Bonchev–Trinajstić information content (AvgIpc) is 2.35. The summed E-state index contributed by atoms with van der Waals surface area (Å²) in [6, 6.07) is 4.92. The van der Waals surface area contributed by atoms with Gasteiger partial charge in [-0.2, -0.15) is 0 Å². The molecule has 0 bridgehead atoms. The first-order valence-corrected chi connectivity index (χ1v) is 5.60. The number of aromatic nitrogens is 2. The van der Waals surface area contributed by atoms with Crippen molar-refractivity contribution in [3.63, 3.8) is 0 Å². The van der Waals surface area contributed by atoms with Crippen molar-refractivity contribution in [2.45, 2.75) is 20.0 Å². The lowest BCUT2D eigenvalue weighted by molar-refractivity contribution is 0.614. The van der Waals surface area contributed by atoms with Crippen LogP contribution in [0.15, 0.2) is 35.4 Å². The van der Waals surface area contributed by atoms with Gasteiger partial charge in [-0.1, -0.05) is 6.07 Å². The maximum Gasteiger partial charge on any atom is 0.255 e. The van der Waals surface area contributed by atoms with Gasteiger partial charge < -0.3 is 10.3 Å². The van der Waals surface area contributed by atoms with E-state index in [0.29, 0.717) is 17.7 Å². The van der Waals surface area contributed by atoms with Crippen molar-refractivity contribution in [2.75, 3.05) is 0 Å². The second-order valence-corrected chi connectivity index (χ2v) is 4.11. The second-order valence-electron chi connectivity index (χ2n) is 4.11. The molecule has 5 heteroatoms. The van der Waals surface area contributed by atoms with Crippen LogP contribution in [-0.2, 0) is 13.1 Å². The van der Waals surface area contributed by atoms with Gasteiger partial charge in [0, 0.05) is 24.0 Å². The van der Waals surface area contributed by atoms with Crippen molar-refractivity contribution in [3.05, 3.63) is 63.6 Å². The van der Waals surface area contributed by atoms with Gasteiger partial charge in [-0.15, -0.1) is 0 Å². The summed E-state index contributed by atoms with van der Waals surface area (Å²) in [7, 11) is 0. The highest BCUT2D eigenvalue weighted by atomic mass is 19.1. The molecule has 2 N–H and O–H groups in total. The number of hydrogen-bond donors (Lipinski definition) is 1. The molecule has 0 aliphatic heterocycles. The van der Waals surface area contributed by atoms with E-state index in [2.05, 4.69) is 4.98 Å². The van der Waals surface area contributed by atoms with E-state index in [9.17, 15) is 9.18 Å². The van der Waals surface area contributed by atoms with E-state index in [1.54, 1.807) is 16.8 Å². The van der Waals surface area contributed by atoms with Crippen LogP contribution in [0.1, 0.15) is 16.8 Å². The van der Waals surface area contributed by atoms with E-state index in [1.165, 1.54) is 6.07 Å². The van der Waals surface area contributed by atoms with Crippen molar-refractivity contribution < 1.29 is 4.39 Å². The van der Waals surface area contributed by atoms with Crippen LogP contribution in [-0.4, -0.2) is 9.55 Å². The van der Waals surface area contributed by atoms with E-state index in [4.69, 9.17) is 5.73 Å². The number of nitrogens with two attached hydrogens (primary N) is 1. The van der Waals surface area contributed by atoms with E-state index in [1.807, 2.05) is 13.0 Å². The van der Waals surface area contributed by atoms with Crippen LogP contribution in [0.4, 0.5) is 4.39 Å². The Hall–Kier alpha value is -2.01. The molecule has 0 aromatic carbocycles. The SMILES string of the molecule is Cc1ccc(CN)c(=O)n1Cc1cncc(F)c1. The summed E-state index contributed by atoms with van der Waals surface area (Å²) >= 11 is 0. The molecule has 0 amide bonds. The molecule has 0 fully saturated rings. The zero-order valence-corrected chi connectivity index (χ0v) is 10.1.